The van der Waals surface area contributed by atoms with Crippen LogP contribution in [0.3, 0.4) is 0 Å². The van der Waals surface area contributed by atoms with Gasteiger partial charge < -0.3 is 9.73 Å². The Morgan fingerprint density at radius 3 is 2.39 bits per heavy atom. The molecule has 3 rings (SSSR count). The molecular formula is C17H14FNO4. The molecule has 1 aliphatic carbocycles. The molecule has 23 heavy (non-hydrogen) atoms. The lowest BCUT2D eigenvalue weighted by atomic mass is 9.69. The highest BCUT2D eigenvalue weighted by atomic mass is 19.1. The Labute approximate surface area is 131 Å². The fourth-order valence-corrected chi connectivity index (χ4v) is 2.85. The van der Waals surface area contributed by atoms with Gasteiger partial charge in [-0.25, -0.2) is 4.39 Å². The van der Waals surface area contributed by atoms with Crippen molar-refractivity contribution in [3.05, 3.63) is 54.2 Å². The molecule has 1 saturated carbocycles. The number of para-hydroxylation sites is 1. The van der Waals surface area contributed by atoms with E-state index in [1.807, 2.05) is 0 Å². The van der Waals surface area contributed by atoms with E-state index in [1.165, 1.54) is 36.6 Å². The van der Waals surface area contributed by atoms with Gasteiger partial charge in [0.25, 0.3) is 5.91 Å². The summed E-state index contributed by atoms with van der Waals surface area (Å²) in [7, 11) is 0. The lowest BCUT2D eigenvalue weighted by molar-refractivity contribution is -0.145. The van der Waals surface area contributed by atoms with Crippen LogP contribution in [0.15, 0.2) is 47.1 Å². The second kappa shape index (κ2) is 5.79. The SMILES string of the molecule is O=C1CCCC(=O)C1(C(=O)Nc1ccccc1F)c1ccco1. The molecule has 0 atom stereocenters. The van der Waals surface area contributed by atoms with Crippen molar-refractivity contribution in [3.63, 3.8) is 0 Å². The summed E-state index contributed by atoms with van der Waals surface area (Å²) in [5.74, 6) is -2.62. The van der Waals surface area contributed by atoms with Gasteiger partial charge in [-0.2, -0.15) is 0 Å². The summed E-state index contributed by atoms with van der Waals surface area (Å²) in [6, 6.07) is 8.48. The van der Waals surface area contributed by atoms with Crippen LogP contribution in [0.4, 0.5) is 10.1 Å². The van der Waals surface area contributed by atoms with Gasteiger partial charge in [-0.15, -0.1) is 0 Å². The molecule has 5 nitrogen and oxygen atoms in total. The summed E-state index contributed by atoms with van der Waals surface area (Å²) in [6.07, 6.45) is 1.88. The van der Waals surface area contributed by atoms with E-state index in [1.54, 1.807) is 6.07 Å². The van der Waals surface area contributed by atoms with Crippen LogP contribution in [-0.4, -0.2) is 17.5 Å². The number of hydrogen-bond donors (Lipinski definition) is 1. The molecule has 6 heteroatoms. The van der Waals surface area contributed by atoms with Gasteiger partial charge in [-0.05, 0) is 30.7 Å². The molecule has 0 radical (unpaired) electrons. The summed E-state index contributed by atoms with van der Waals surface area (Å²) >= 11 is 0. The zero-order chi connectivity index (χ0) is 16.4. The Hall–Kier alpha value is -2.76. The Bertz CT molecular complexity index is 751. The fourth-order valence-electron chi connectivity index (χ4n) is 2.85. The van der Waals surface area contributed by atoms with Crippen LogP contribution in [0.5, 0.6) is 0 Å². The highest BCUT2D eigenvalue weighted by molar-refractivity contribution is 6.32. The van der Waals surface area contributed by atoms with E-state index in [9.17, 15) is 18.8 Å². The van der Waals surface area contributed by atoms with E-state index in [0.29, 0.717) is 6.42 Å². The smallest absolute Gasteiger partial charge is 0.253 e. The van der Waals surface area contributed by atoms with Crippen molar-refractivity contribution in [2.75, 3.05) is 5.32 Å². The van der Waals surface area contributed by atoms with Gasteiger partial charge in [0.2, 0.25) is 5.41 Å². The molecule has 1 aromatic heterocycles. The minimum atomic E-state index is -2.04. The minimum absolute atomic E-state index is 0.0268. The number of Topliss-reactive ketones (excluding diaryl/α,β-unsaturated/α-hetero) is 2. The molecule has 0 aliphatic heterocycles. The molecule has 2 aromatic rings. The molecule has 1 aliphatic rings. The van der Waals surface area contributed by atoms with Gasteiger partial charge in [0, 0.05) is 12.8 Å². The van der Waals surface area contributed by atoms with Gasteiger partial charge >= 0.3 is 0 Å². The Balaban J connectivity index is 2.06. The first kappa shape index (κ1) is 15.1. The standard InChI is InChI=1S/C17H14FNO4/c18-11-5-1-2-6-12(11)19-16(22)17(15-9-4-10-23-15)13(20)7-3-8-14(17)21/h1-2,4-6,9-10H,3,7-8H2,(H,19,22). The predicted molar refractivity (Wildman–Crippen MR) is 79.3 cm³/mol. The van der Waals surface area contributed by atoms with E-state index in [2.05, 4.69) is 5.32 Å². The number of carbonyl (C=O) groups excluding carboxylic acids is 3. The van der Waals surface area contributed by atoms with Crippen LogP contribution in [0.25, 0.3) is 0 Å². The maximum absolute atomic E-state index is 13.8. The Morgan fingerprint density at radius 1 is 1.09 bits per heavy atom. The van der Waals surface area contributed by atoms with Gasteiger partial charge in [0.05, 0.1) is 12.0 Å². The number of hydrogen-bond acceptors (Lipinski definition) is 4. The van der Waals surface area contributed by atoms with Gasteiger partial charge in [-0.3, -0.25) is 14.4 Å². The summed E-state index contributed by atoms with van der Waals surface area (Å²) in [4.78, 5) is 37.8. The van der Waals surface area contributed by atoms with E-state index < -0.39 is 28.7 Å². The van der Waals surface area contributed by atoms with Crippen LogP contribution in [-0.2, 0) is 19.8 Å². The highest BCUT2D eigenvalue weighted by Gasteiger charge is 2.56. The number of nitrogens with one attached hydrogen (secondary N) is 1. The summed E-state index contributed by atoms with van der Waals surface area (Å²) in [5, 5.41) is 2.35. The molecule has 118 valence electrons. The number of rotatable bonds is 3. The van der Waals surface area contributed by atoms with Crippen LogP contribution in [0, 0.1) is 5.82 Å². The van der Waals surface area contributed by atoms with Gasteiger partial charge in [0.1, 0.15) is 11.6 Å². The minimum Gasteiger partial charge on any atom is -0.467 e. The van der Waals surface area contributed by atoms with Crippen LogP contribution < -0.4 is 5.32 Å². The summed E-state index contributed by atoms with van der Waals surface area (Å²) in [6.45, 7) is 0. The molecule has 1 amide bonds. The van der Waals surface area contributed by atoms with Crippen molar-refractivity contribution in [1.82, 2.24) is 0 Å². The zero-order valence-electron chi connectivity index (χ0n) is 12.2. The highest BCUT2D eigenvalue weighted by Crippen LogP contribution is 2.36. The van der Waals surface area contributed by atoms with Gasteiger partial charge in [0.15, 0.2) is 11.6 Å². The topological polar surface area (TPSA) is 76.4 Å². The van der Waals surface area contributed by atoms with E-state index in [0.717, 1.165) is 0 Å². The molecule has 1 aromatic carbocycles. The average molecular weight is 315 g/mol. The average Bonchev–Trinajstić information content (AvgIpc) is 3.04. The third-order valence-electron chi connectivity index (χ3n) is 4.00. The Kier molecular flexibility index (Phi) is 3.82. The number of anilines is 1. The fraction of sp³-hybridized carbons (Fsp3) is 0.235. The largest absolute Gasteiger partial charge is 0.467 e. The summed E-state index contributed by atoms with van der Waals surface area (Å²) in [5.41, 5.74) is -2.13. The Morgan fingerprint density at radius 2 is 1.78 bits per heavy atom. The number of ketones is 2. The molecule has 0 unspecified atom stereocenters. The van der Waals surface area contributed by atoms with Crippen molar-refractivity contribution >= 4 is 23.2 Å². The van der Waals surface area contributed by atoms with E-state index in [4.69, 9.17) is 4.42 Å². The van der Waals surface area contributed by atoms with Crippen molar-refractivity contribution in [1.29, 1.82) is 0 Å². The van der Waals surface area contributed by atoms with Crippen LogP contribution in [0.1, 0.15) is 25.0 Å². The number of amides is 1. The molecular weight excluding hydrogens is 301 g/mol. The third-order valence-corrected chi connectivity index (χ3v) is 4.00. The molecule has 0 spiro atoms. The van der Waals surface area contributed by atoms with Crippen LogP contribution in [0.2, 0.25) is 0 Å². The first-order chi connectivity index (χ1) is 11.1. The molecule has 0 saturated heterocycles. The first-order valence-electron chi connectivity index (χ1n) is 7.23. The van der Waals surface area contributed by atoms with Crippen molar-refractivity contribution in [2.24, 2.45) is 0 Å². The maximum Gasteiger partial charge on any atom is 0.253 e. The molecule has 0 bridgehead atoms. The third kappa shape index (κ3) is 2.36. The second-order valence-electron chi connectivity index (χ2n) is 5.36. The van der Waals surface area contributed by atoms with Crippen molar-refractivity contribution in [2.45, 2.75) is 24.7 Å². The van der Waals surface area contributed by atoms with E-state index >= 15 is 0 Å². The van der Waals surface area contributed by atoms with Crippen molar-refractivity contribution in [3.8, 4) is 0 Å². The summed E-state index contributed by atoms with van der Waals surface area (Å²) < 4.78 is 19.0. The number of benzene rings is 1. The molecule has 1 fully saturated rings. The maximum atomic E-state index is 13.8. The lowest BCUT2D eigenvalue weighted by Crippen LogP contribution is -2.55. The second-order valence-corrected chi connectivity index (χ2v) is 5.36. The monoisotopic (exact) mass is 315 g/mol. The molecule has 1 heterocycles. The van der Waals surface area contributed by atoms with Gasteiger partial charge in [-0.1, -0.05) is 12.1 Å². The van der Waals surface area contributed by atoms with Crippen molar-refractivity contribution < 1.29 is 23.2 Å². The number of furan rings is 1. The number of halogens is 1. The first-order valence-corrected chi connectivity index (χ1v) is 7.23. The number of carbonyl (C=O) groups is 3. The predicted octanol–water partition coefficient (Wildman–Crippen LogP) is 2.62. The normalized spacial score (nSPS) is 17.1. The van der Waals surface area contributed by atoms with E-state index in [-0.39, 0.29) is 24.3 Å². The quantitative estimate of drug-likeness (QED) is 0.883. The van der Waals surface area contributed by atoms with Crippen LogP contribution >= 0.6 is 0 Å². The lowest BCUT2D eigenvalue weighted by Gasteiger charge is -2.31. The molecule has 1 N–H and O–H groups in total. The zero-order valence-corrected chi connectivity index (χ0v) is 12.2.